The predicted molar refractivity (Wildman–Crippen MR) is 104 cm³/mol. The molecule has 0 saturated carbocycles. The molecule has 8 nitrogen and oxygen atoms in total. The van der Waals surface area contributed by atoms with Crippen molar-refractivity contribution in [1.29, 1.82) is 0 Å². The monoisotopic (exact) mass is 396 g/mol. The first-order chi connectivity index (χ1) is 13.5. The molecule has 0 fully saturated rings. The minimum absolute atomic E-state index is 0.0142. The highest BCUT2D eigenvalue weighted by Crippen LogP contribution is 2.21. The maximum absolute atomic E-state index is 12.6. The average Bonchev–Trinajstić information content (AvgIpc) is 3.30. The van der Waals surface area contributed by atoms with Gasteiger partial charge in [-0.1, -0.05) is 67.0 Å². The minimum atomic E-state index is -0.450. The van der Waals surface area contributed by atoms with E-state index in [9.17, 15) is 4.79 Å². The zero-order valence-corrected chi connectivity index (χ0v) is 16.0. The summed E-state index contributed by atoms with van der Waals surface area (Å²) in [6.45, 7) is 4.28. The number of hydrogen-bond acceptors (Lipinski definition) is 6. The summed E-state index contributed by atoms with van der Waals surface area (Å²) in [5.41, 5.74) is 2.08. The van der Waals surface area contributed by atoms with Crippen LogP contribution in [0.25, 0.3) is 17.1 Å². The fourth-order valence-corrected chi connectivity index (χ4v) is 2.95. The SMILES string of the molecule is CC(C)c1ccc(-c2noc(Cn3nnn(-c4ccccc4Cl)c3=O)n2)cc1. The largest absolute Gasteiger partial charge is 0.369 e. The average molecular weight is 397 g/mol. The van der Waals surface area contributed by atoms with Crippen LogP contribution in [0.3, 0.4) is 0 Å². The Bertz CT molecular complexity index is 1160. The molecular weight excluding hydrogens is 380 g/mol. The maximum atomic E-state index is 12.6. The van der Waals surface area contributed by atoms with Gasteiger partial charge in [0.2, 0.25) is 11.7 Å². The van der Waals surface area contributed by atoms with Gasteiger partial charge in [-0.05, 0) is 34.0 Å². The molecule has 0 radical (unpaired) electrons. The number of para-hydroxylation sites is 1. The molecule has 0 aliphatic carbocycles. The minimum Gasteiger partial charge on any atom is -0.337 e. The van der Waals surface area contributed by atoms with Crippen molar-refractivity contribution < 1.29 is 4.52 Å². The number of halogens is 1. The van der Waals surface area contributed by atoms with Gasteiger partial charge >= 0.3 is 5.69 Å². The highest BCUT2D eigenvalue weighted by molar-refractivity contribution is 6.32. The molecule has 0 unspecified atom stereocenters. The van der Waals surface area contributed by atoms with E-state index in [-0.39, 0.29) is 12.4 Å². The van der Waals surface area contributed by atoms with Crippen molar-refractivity contribution in [1.82, 2.24) is 29.9 Å². The van der Waals surface area contributed by atoms with E-state index in [4.69, 9.17) is 16.1 Å². The summed E-state index contributed by atoms with van der Waals surface area (Å²) >= 11 is 6.12. The molecule has 0 aliphatic heterocycles. The molecule has 4 aromatic rings. The highest BCUT2D eigenvalue weighted by atomic mass is 35.5. The van der Waals surface area contributed by atoms with Gasteiger partial charge in [0, 0.05) is 5.56 Å². The third-order valence-corrected chi connectivity index (χ3v) is 4.63. The molecule has 2 aromatic carbocycles. The summed E-state index contributed by atoms with van der Waals surface area (Å²) in [6.07, 6.45) is 0. The van der Waals surface area contributed by atoms with Gasteiger partial charge in [-0.25, -0.2) is 4.79 Å². The van der Waals surface area contributed by atoms with Gasteiger partial charge in [0.1, 0.15) is 6.54 Å². The van der Waals surface area contributed by atoms with Crippen molar-refractivity contribution in [3.63, 3.8) is 0 Å². The number of aromatic nitrogens is 6. The molecule has 0 saturated heterocycles. The molecule has 2 aromatic heterocycles. The molecule has 0 N–H and O–H groups in total. The second-order valence-corrected chi connectivity index (χ2v) is 6.98. The summed E-state index contributed by atoms with van der Waals surface area (Å²) in [7, 11) is 0. The van der Waals surface area contributed by atoms with Crippen LogP contribution in [0.5, 0.6) is 0 Å². The first kappa shape index (κ1) is 18.1. The summed E-state index contributed by atoms with van der Waals surface area (Å²) in [4.78, 5) is 16.9. The quantitative estimate of drug-likeness (QED) is 0.514. The molecule has 28 heavy (non-hydrogen) atoms. The zero-order valence-electron chi connectivity index (χ0n) is 15.3. The number of rotatable bonds is 5. The second kappa shape index (κ2) is 7.40. The third kappa shape index (κ3) is 3.46. The fourth-order valence-electron chi connectivity index (χ4n) is 2.73. The van der Waals surface area contributed by atoms with Crippen molar-refractivity contribution in [2.24, 2.45) is 0 Å². The van der Waals surface area contributed by atoms with Gasteiger partial charge in [-0.3, -0.25) is 0 Å². The molecule has 0 spiro atoms. The summed E-state index contributed by atoms with van der Waals surface area (Å²) < 4.78 is 7.54. The van der Waals surface area contributed by atoms with Gasteiger partial charge in [0.05, 0.1) is 10.7 Å². The molecule has 2 heterocycles. The van der Waals surface area contributed by atoms with Crippen LogP contribution in [0.1, 0.15) is 31.2 Å². The van der Waals surface area contributed by atoms with Crippen LogP contribution < -0.4 is 5.69 Å². The predicted octanol–water partition coefficient (Wildman–Crippen LogP) is 3.30. The van der Waals surface area contributed by atoms with Crippen LogP contribution in [-0.4, -0.2) is 29.9 Å². The van der Waals surface area contributed by atoms with Gasteiger partial charge in [-0.15, -0.1) is 0 Å². The van der Waals surface area contributed by atoms with E-state index in [0.29, 0.717) is 22.5 Å². The van der Waals surface area contributed by atoms with E-state index in [1.807, 2.05) is 24.3 Å². The van der Waals surface area contributed by atoms with Gasteiger partial charge in [0.25, 0.3) is 0 Å². The molecule has 0 amide bonds. The topological polar surface area (TPSA) is 91.6 Å². The van der Waals surface area contributed by atoms with Crippen LogP contribution in [0.15, 0.2) is 57.8 Å². The number of tetrazole rings is 1. The van der Waals surface area contributed by atoms with E-state index in [1.54, 1.807) is 24.3 Å². The molecule has 142 valence electrons. The van der Waals surface area contributed by atoms with E-state index in [2.05, 4.69) is 34.4 Å². The van der Waals surface area contributed by atoms with Crippen LogP contribution >= 0.6 is 11.6 Å². The number of hydrogen-bond donors (Lipinski definition) is 0. The molecule has 9 heteroatoms. The van der Waals surface area contributed by atoms with Gasteiger partial charge in [0.15, 0.2) is 0 Å². The van der Waals surface area contributed by atoms with Crippen LogP contribution in [0.4, 0.5) is 0 Å². The molecular formula is C19H17ClN6O2. The third-order valence-electron chi connectivity index (χ3n) is 4.31. The Hall–Kier alpha value is -3.26. The summed E-state index contributed by atoms with van der Waals surface area (Å²) in [5.74, 6) is 1.16. The Balaban J connectivity index is 1.56. The smallest absolute Gasteiger partial charge is 0.337 e. The van der Waals surface area contributed by atoms with Crippen LogP contribution in [0, 0.1) is 0 Å². The maximum Gasteiger partial charge on any atom is 0.369 e. The summed E-state index contributed by atoms with van der Waals surface area (Å²) in [6, 6.07) is 14.9. The van der Waals surface area contributed by atoms with Crippen molar-refractivity contribution in [2.75, 3.05) is 0 Å². The van der Waals surface area contributed by atoms with Gasteiger partial charge in [-0.2, -0.15) is 14.3 Å². The standard InChI is InChI=1S/C19H17ClN6O2/c1-12(2)13-7-9-14(10-8-13)18-21-17(28-22-18)11-25-19(27)26(24-23-25)16-6-4-3-5-15(16)20/h3-10,12H,11H2,1-2H3. The molecule has 0 aliphatic rings. The summed E-state index contributed by atoms with van der Waals surface area (Å²) in [5, 5.41) is 12.1. The fraction of sp³-hybridized carbons (Fsp3) is 0.211. The Morgan fingerprint density at radius 3 is 2.54 bits per heavy atom. The zero-order chi connectivity index (χ0) is 19.7. The number of nitrogens with zero attached hydrogens (tertiary/aromatic N) is 6. The Kier molecular flexibility index (Phi) is 4.79. The Labute approximate surface area is 165 Å². The van der Waals surface area contributed by atoms with Crippen molar-refractivity contribution in [3.05, 3.63) is 75.5 Å². The highest BCUT2D eigenvalue weighted by Gasteiger charge is 2.15. The second-order valence-electron chi connectivity index (χ2n) is 6.57. The molecule has 0 atom stereocenters. The van der Waals surface area contributed by atoms with E-state index in [1.165, 1.54) is 5.56 Å². The van der Waals surface area contributed by atoms with Crippen LogP contribution in [-0.2, 0) is 6.54 Å². The Morgan fingerprint density at radius 1 is 1.07 bits per heavy atom. The number of benzene rings is 2. The van der Waals surface area contributed by atoms with E-state index >= 15 is 0 Å². The van der Waals surface area contributed by atoms with Crippen molar-refractivity contribution in [3.8, 4) is 17.1 Å². The normalized spacial score (nSPS) is 11.3. The van der Waals surface area contributed by atoms with Crippen molar-refractivity contribution >= 4 is 11.6 Å². The lowest BCUT2D eigenvalue weighted by molar-refractivity contribution is 0.363. The lowest BCUT2D eigenvalue weighted by Crippen LogP contribution is -2.25. The van der Waals surface area contributed by atoms with Crippen molar-refractivity contribution in [2.45, 2.75) is 26.3 Å². The van der Waals surface area contributed by atoms with E-state index in [0.717, 1.165) is 14.9 Å². The lowest BCUT2D eigenvalue weighted by Gasteiger charge is -2.04. The molecule has 0 bridgehead atoms. The first-order valence-corrected chi connectivity index (χ1v) is 9.11. The van der Waals surface area contributed by atoms with Crippen LogP contribution in [0.2, 0.25) is 5.02 Å². The lowest BCUT2D eigenvalue weighted by atomic mass is 10.0. The first-order valence-electron chi connectivity index (χ1n) is 8.73. The van der Waals surface area contributed by atoms with E-state index < -0.39 is 5.69 Å². The molecule has 4 rings (SSSR count). The van der Waals surface area contributed by atoms with Gasteiger partial charge < -0.3 is 4.52 Å². The Morgan fingerprint density at radius 2 is 1.82 bits per heavy atom.